The van der Waals surface area contributed by atoms with Crippen LogP contribution in [-0.4, -0.2) is 36.5 Å². The molecule has 4 heteroatoms. The number of hydrogen-bond acceptors (Lipinski definition) is 4. The Bertz CT molecular complexity index is 235. The van der Waals surface area contributed by atoms with Crippen LogP contribution in [0.2, 0.25) is 0 Å². The molecule has 4 saturated heterocycles. The zero-order valence-electron chi connectivity index (χ0n) is 8.14. The van der Waals surface area contributed by atoms with Crippen LogP contribution in [0.3, 0.4) is 0 Å². The highest BCUT2D eigenvalue weighted by atomic mass is 16.6. The van der Waals surface area contributed by atoms with Crippen molar-refractivity contribution in [2.75, 3.05) is 0 Å². The molecule has 0 radical (unpaired) electrons. The van der Waals surface area contributed by atoms with Crippen LogP contribution >= 0.6 is 0 Å². The van der Waals surface area contributed by atoms with Crippen molar-refractivity contribution < 1.29 is 19.0 Å². The Hall–Kier alpha value is -0.610. The normalized spacial score (nSPS) is 49.4. The van der Waals surface area contributed by atoms with Crippen LogP contribution in [0.5, 0.6) is 0 Å². The summed E-state index contributed by atoms with van der Waals surface area (Å²) in [6.07, 6.45) is 3.44. The molecule has 0 N–H and O–H groups in total. The van der Waals surface area contributed by atoms with Gasteiger partial charge in [-0.05, 0) is 6.42 Å². The monoisotopic (exact) mass is 198 g/mol. The average molecular weight is 198 g/mol. The lowest BCUT2D eigenvalue weighted by molar-refractivity contribution is -0.287. The molecule has 4 atom stereocenters. The fourth-order valence-electron chi connectivity index (χ4n) is 2.84. The first-order valence-electron chi connectivity index (χ1n) is 5.20. The van der Waals surface area contributed by atoms with Gasteiger partial charge < -0.3 is 14.2 Å². The van der Waals surface area contributed by atoms with Crippen LogP contribution in [0.15, 0.2) is 0 Å². The van der Waals surface area contributed by atoms with Crippen LogP contribution in [0, 0.1) is 0 Å². The molecule has 0 aromatic rings. The zero-order valence-corrected chi connectivity index (χ0v) is 8.14. The van der Waals surface area contributed by atoms with E-state index in [-0.39, 0.29) is 24.3 Å². The molecular formula is C10H14O4. The van der Waals surface area contributed by atoms with Gasteiger partial charge in [0.15, 0.2) is 6.10 Å². The summed E-state index contributed by atoms with van der Waals surface area (Å²) in [5.41, 5.74) is 0. The number of esters is 1. The van der Waals surface area contributed by atoms with Gasteiger partial charge in [0.1, 0.15) is 0 Å². The average Bonchev–Trinajstić information content (AvgIpc) is 2.09. The van der Waals surface area contributed by atoms with Gasteiger partial charge in [0, 0.05) is 19.8 Å². The molecule has 4 aliphatic heterocycles. The fraction of sp³-hybridized carbons (Fsp3) is 0.900. The summed E-state index contributed by atoms with van der Waals surface area (Å²) in [6, 6.07) is 0. The Labute approximate surface area is 82.5 Å². The van der Waals surface area contributed by atoms with E-state index < -0.39 is 0 Å². The first kappa shape index (κ1) is 8.68. The maximum atomic E-state index is 10.9. The SMILES string of the molecule is CC(=O)OC1C2CC3CC(CC1O3)O2. The molecule has 0 spiro atoms. The Balaban J connectivity index is 1.77. The van der Waals surface area contributed by atoms with Gasteiger partial charge in [-0.1, -0.05) is 0 Å². The quantitative estimate of drug-likeness (QED) is 0.580. The van der Waals surface area contributed by atoms with E-state index in [1.807, 2.05) is 0 Å². The van der Waals surface area contributed by atoms with Gasteiger partial charge in [-0.2, -0.15) is 0 Å². The van der Waals surface area contributed by atoms with Crippen LogP contribution in [0.1, 0.15) is 26.2 Å². The number of ether oxygens (including phenoxy) is 3. The van der Waals surface area contributed by atoms with Crippen LogP contribution < -0.4 is 0 Å². The Morgan fingerprint density at radius 2 is 1.71 bits per heavy atom. The van der Waals surface area contributed by atoms with E-state index in [1.54, 1.807) is 0 Å². The maximum Gasteiger partial charge on any atom is 0.303 e. The van der Waals surface area contributed by atoms with Crippen molar-refractivity contribution >= 4 is 5.97 Å². The number of carbonyl (C=O) groups excluding carboxylic acids is 1. The third kappa shape index (κ3) is 1.25. The Kier molecular flexibility index (Phi) is 1.82. The molecule has 4 unspecified atom stereocenters. The van der Waals surface area contributed by atoms with E-state index >= 15 is 0 Å². The van der Waals surface area contributed by atoms with Gasteiger partial charge >= 0.3 is 5.97 Å². The molecule has 0 saturated carbocycles. The van der Waals surface area contributed by atoms with Crippen molar-refractivity contribution in [3.63, 3.8) is 0 Å². The van der Waals surface area contributed by atoms with Gasteiger partial charge in [0.2, 0.25) is 0 Å². The van der Waals surface area contributed by atoms with Gasteiger partial charge in [-0.25, -0.2) is 0 Å². The highest BCUT2D eigenvalue weighted by molar-refractivity contribution is 5.66. The minimum absolute atomic E-state index is 0.0788. The van der Waals surface area contributed by atoms with Gasteiger partial charge in [0.05, 0.1) is 24.4 Å². The second-order valence-corrected chi connectivity index (χ2v) is 4.37. The van der Waals surface area contributed by atoms with Crippen molar-refractivity contribution in [1.29, 1.82) is 0 Å². The minimum Gasteiger partial charge on any atom is -0.457 e. The molecule has 14 heavy (non-hydrogen) atoms. The standard InChI is InChI=1S/C10H14O4/c1-5(11)12-10-8-3-6-2-7(14-8)4-9(10)13-6/h6-10H,2-4H2,1H3. The molecule has 4 bridgehead atoms. The summed E-state index contributed by atoms with van der Waals surface area (Å²) in [4.78, 5) is 10.9. The van der Waals surface area contributed by atoms with E-state index in [0.29, 0.717) is 12.2 Å². The van der Waals surface area contributed by atoms with E-state index in [4.69, 9.17) is 14.2 Å². The number of rotatable bonds is 1. The Morgan fingerprint density at radius 1 is 1.14 bits per heavy atom. The van der Waals surface area contributed by atoms with E-state index in [1.165, 1.54) is 6.92 Å². The molecule has 0 amide bonds. The smallest absolute Gasteiger partial charge is 0.303 e. The van der Waals surface area contributed by atoms with Gasteiger partial charge in [-0.3, -0.25) is 4.79 Å². The molecule has 0 aromatic carbocycles. The second kappa shape index (κ2) is 2.94. The van der Waals surface area contributed by atoms with E-state index in [2.05, 4.69) is 0 Å². The van der Waals surface area contributed by atoms with Crippen molar-refractivity contribution in [3.05, 3.63) is 0 Å². The first-order valence-corrected chi connectivity index (χ1v) is 5.20. The van der Waals surface area contributed by atoms with Gasteiger partial charge in [0.25, 0.3) is 0 Å². The van der Waals surface area contributed by atoms with E-state index in [9.17, 15) is 4.79 Å². The number of hydrogen-bond donors (Lipinski definition) is 0. The lowest BCUT2D eigenvalue weighted by atomic mass is 9.82. The first-order chi connectivity index (χ1) is 6.72. The largest absolute Gasteiger partial charge is 0.457 e. The summed E-state index contributed by atoms with van der Waals surface area (Å²) in [5, 5.41) is 0. The molecule has 4 fully saturated rings. The van der Waals surface area contributed by atoms with Crippen LogP contribution in [0.4, 0.5) is 0 Å². The maximum absolute atomic E-state index is 10.9. The summed E-state index contributed by atoms with van der Waals surface area (Å²) >= 11 is 0. The third-order valence-corrected chi connectivity index (χ3v) is 3.29. The topological polar surface area (TPSA) is 44.8 Å². The van der Waals surface area contributed by atoms with Crippen molar-refractivity contribution in [2.24, 2.45) is 0 Å². The summed E-state index contributed by atoms with van der Waals surface area (Å²) < 4.78 is 16.8. The van der Waals surface area contributed by atoms with Crippen molar-refractivity contribution in [2.45, 2.75) is 56.7 Å². The summed E-state index contributed by atoms with van der Waals surface area (Å²) in [7, 11) is 0. The summed E-state index contributed by atoms with van der Waals surface area (Å²) in [5.74, 6) is -0.241. The lowest BCUT2D eigenvalue weighted by Gasteiger charge is -2.52. The predicted molar refractivity (Wildman–Crippen MR) is 46.7 cm³/mol. The Morgan fingerprint density at radius 3 is 2.21 bits per heavy atom. The van der Waals surface area contributed by atoms with Gasteiger partial charge in [-0.15, -0.1) is 0 Å². The molecular weight excluding hydrogens is 184 g/mol. The van der Waals surface area contributed by atoms with Crippen molar-refractivity contribution in [1.82, 2.24) is 0 Å². The fourth-order valence-corrected chi connectivity index (χ4v) is 2.84. The lowest BCUT2D eigenvalue weighted by Crippen LogP contribution is -2.62. The molecule has 78 valence electrons. The highest BCUT2D eigenvalue weighted by Gasteiger charge is 2.51. The molecule has 4 nitrogen and oxygen atoms in total. The van der Waals surface area contributed by atoms with Crippen molar-refractivity contribution in [3.8, 4) is 0 Å². The summed E-state index contributed by atoms with van der Waals surface area (Å²) in [6.45, 7) is 1.44. The highest BCUT2D eigenvalue weighted by Crippen LogP contribution is 2.41. The van der Waals surface area contributed by atoms with E-state index in [0.717, 1.165) is 19.3 Å². The molecule has 4 rings (SSSR count). The predicted octanol–water partition coefficient (Wildman–Crippen LogP) is 0.637. The van der Waals surface area contributed by atoms with Crippen LogP contribution in [0.25, 0.3) is 0 Å². The second-order valence-electron chi connectivity index (χ2n) is 4.37. The zero-order chi connectivity index (χ0) is 9.71. The molecule has 4 aliphatic rings. The number of carbonyl (C=O) groups is 1. The third-order valence-electron chi connectivity index (χ3n) is 3.29. The minimum atomic E-state index is -0.241. The van der Waals surface area contributed by atoms with Crippen LogP contribution in [-0.2, 0) is 19.0 Å². The molecule has 0 aliphatic carbocycles. The molecule has 0 aromatic heterocycles. The molecule has 4 heterocycles.